The molecular formula is C14H13BrCl2N2. The summed E-state index contributed by atoms with van der Waals surface area (Å²) >= 11 is 15.6. The van der Waals surface area contributed by atoms with Crippen LogP contribution < -0.4 is 11.3 Å². The summed E-state index contributed by atoms with van der Waals surface area (Å²) in [4.78, 5) is 0. The van der Waals surface area contributed by atoms with Crippen molar-refractivity contribution in [2.24, 2.45) is 5.84 Å². The summed E-state index contributed by atoms with van der Waals surface area (Å²) in [5.41, 5.74) is 4.92. The standard InChI is InChI=1S/C14H13BrCl2N2/c15-12-3-1-2-11(14(12)17)13(19-18)8-9-4-6-10(16)7-5-9/h1-7,13,19H,8,18H2. The van der Waals surface area contributed by atoms with Gasteiger partial charge in [-0.05, 0) is 51.7 Å². The summed E-state index contributed by atoms with van der Waals surface area (Å²) in [7, 11) is 0. The molecule has 3 N–H and O–H groups in total. The molecule has 0 saturated heterocycles. The van der Waals surface area contributed by atoms with Crippen LogP contribution in [0.4, 0.5) is 0 Å². The highest BCUT2D eigenvalue weighted by Crippen LogP contribution is 2.31. The fourth-order valence-electron chi connectivity index (χ4n) is 1.90. The average Bonchev–Trinajstić information content (AvgIpc) is 2.42. The maximum absolute atomic E-state index is 6.29. The van der Waals surface area contributed by atoms with Gasteiger partial charge < -0.3 is 0 Å². The molecule has 1 atom stereocenters. The van der Waals surface area contributed by atoms with Crippen LogP contribution in [0.1, 0.15) is 17.2 Å². The number of rotatable bonds is 4. The van der Waals surface area contributed by atoms with Gasteiger partial charge >= 0.3 is 0 Å². The fourth-order valence-corrected chi connectivity index (χ4v) is 2.67. The second kappa shape index (κ2) is 6.73. The van der Waals surface area contributed by atoms with Gasteiger partial charge in [0.15, 0.2) is 0 Å². The van der Waals surface area contributed by atoms with Gasteiger partial charge in [0.1, 0.15) is 0 Å². The summed E-state index contributed by atoms with van der Waals surface area (Å²) in [6.45, 7) is 0. The summed E-state index contributed by atoms with van der Waals surface area (Å²) in [6.07, 6.45) is 0.740. The third-order valence-corrected chi connectivity index (χ3v) is 4.47. The maximum atomic E-state index is 6.29. The van der Waals surface area contributed by atoms with Gasteiger partial charge in [-0.25, -0.2) is 0 Å². The minimum Gasteiger partial charge on any atom is -0.271 e. The highest BCUT2D eigenvalue weighted by Gasteiger charge is 2.15. The van der Waals surface area contributed by atoms with Crippen molar-refractivity contribution in [3.8, 4) is 0 Å². The zero-order chi connectivity index (χ0) is 13.8. The largest absolute Gasteiger partial charge is 0.271 e. The van der Waals surface area contributed by atoms with E-state index in [0.29, 0.717) is 5.02 Å². The smallest absolute Gasteiger partial charge is 0.0596 e. The van der Waals surface area contributed by atoms with Crippen LogP contribution >= 0.6 is 39.1 Å². The quantitative estimate of drug-likeness (QED) is 0.622. The Morgan fingerprint density at radius 3 is 2.42 bits per heavy atom. The van der Waals surface area contributed by atoms with Gasteiger partial charge in [-0.15, -0.1) is 0 Å². The van der Waals surface area contributed by atoms with E-state index in [-0.39, 0.29) is 6.04 Å². The van der Waals surface area contributed by atoms with Gasteiger partial charge in [-0.2, -0.15) is 0 Å². The van der Waals surface area contributed by atoms with Gasteiger partial charge in [-0.3, -0.25) is 11.3 Å². The molecular weight excluding hydrogens is 347 g/mol. The van der Waals surface area contributed by atoms with Gasteiger partial charge in [0.05, 0.1) is 11.1 Å². The van der Waals surface area contributed by atoms with Crippen LogP contribution in [0, 0.1) is 0 Å². The first kappa shape index (κ1) is 14.8. The molecule has 0 aliphatic heterocycles. The number of hydrogen-bond acceptors (Lipinski definition) is 2. The van der Waals surface area contributed by atoms with Crippen molar-refractivity contribution in [1.29, 1.82) is 0 Å². The third kappa shape index (κ3) is 3.71. The van der Waals surface area contributed by atoms with Gasteiger partial charge in [-0.1, -0.05) is 47.5 Å². The van der Waals surface area contributed by atoms with E-state index in [2.05, 4.69) is 21.4 Å². The van der Waals surface area contributed by atoms with Crippen LogP contribution in [0.15, 0.2) is 46.9 Å². The lowest BCUT2D eigenvalue weighted by Gasteiger charge is -2.18. The zero-order valence-electron chi connectivity index (χ0n) is 10.0. The predicted octanol–water partition coefficient (Wildman–Crippen LogP) is 4.50. The second-order valence-electron chi connectivity index (χ2n) is 4.19. The number of hydrogen-bond donors (Lipinski definition) is 2. The van der Waals surface area contributed by atoms with Crippen LogP contribution in [0.3, 0.4) is 0 Å². The van der Waals surface area contributed by atoms with E-state index in [9.17, 15) is 0 Å². The summed E-state index contributed by atoms with van der Waals surface area (Å²) in [5.74, 6) is 5.65. The van der Waals surface area contributed by atoms with E-state index < -0.39 is 0 Å². The lowest BCUT2D eigenvalue weighted by molar-refractivity contribution is 0.552. The molecule has 0 spiro atoms. The van der Waals surface area contributed by atoms with Gasteiger partial charge in [0.25, 0.3) is 0 Å². The Morgan fingerprint density at radius 2 is 1.79 bits per heavy atom. The van der Waals surface area contributed by atoms with Crippen molar-refractivity contribution in [3.63, 3.8) is 0 Å². The van der Waals surface area contributed by atoms with Gasteiger partial charge in [0.2, 0.25) is 0 Å². The molecule has 0 aliphatic carbocycles. The summed E-state index contributed by atoms with van der Waals surface area (Å²) in [6, 6.07) is 13.5. The predicted molar refractivity (Wildman–Crippen MR) is 84.4 cm³/mol. The Balaban J connectivity index is 2.25. The molecule has 1 unspecified atom stereocenters. The molecule has 0 amide bonds. The average molecular weight is 360 g/mol. The highest BCUT2D eigenvalue weighted by molar-refractivity contribution is 9.10. The topological polar surface area (TPSA) is 38.0 Å². The van der Waals surface area contributed by atoms with Crippen LogP contribution in [0.2, 0.25) is 10.0 Å². The SMILES string of the molecule is NNC(Cc1ccc(Cl)cc1)c1cccc(Br)c1Cl. The summed E-state index contributed by atoms with van der Waals surface area (Å²) < 4.78 is 0.864. The normalized spacial score (nSPS) is 12.4. The van der Waals surface area contributed by atoms with Crippen LogP contribution in [-0.4, -0.2) is 0 Å². The van der Waals surface area contributed by atoms with E-state index in [4.69, 9.17) is 29.0 Å². The Kier molecular flexibility index (Phi) is 5.25. The van der Waals surface area contributed by atoms with E-state index in [1.807, 2.05) is 42.5 Å². The molecule has 0 aromatic heterocycles. The molecule has 5 heteroatoms. The Hall–Kier alpha value is -0.580. The molecule has 0 radical (unpaired) electrons. The fraction of sp³-hybridized carbons (Fsp3) is 0.143. The molecule has 2 nitrogen and oxygen atoms in total. The Labute approximate surface area is 131 Å². The monoisotopic (exact) mass is 358 g/mol. The molecule has 0 heterocycles. The molecule has 0 saturated carbocycles. The van der Waals surface area contributed by atoms with Crippen molar-refractivity contribution >= 4 is 39.1 Å². The lowest BCUT2D eigenvalue weighted by atomic mass is 9.99. The maximum Gasteiger partial charge on any atom is 0.0596 e. The summed E-state index contributed by atoms with van der Waals surface area (Å²) in [5, 5.41) is 1.40. The number of halogens is 3. The minimum atomic E-state index is -0.0498. The van der Waals surface area contributed by atoms with E-state index in [0.717, 1.165) is 27.0 Å². The Bertz CT molecular complexity index is 558. The van der Waals surface area contributed by atoms with E-state index >= 15 is 0 Å². The van der Waals surface area contributed by atoms with Crippen molar-refractivity contribution in [2.75, 3.05) is 0 Å². The lowest BCUT2D eigenvalue weighted by Crippen LogP contribution is -2.29. The Morgan fingerprint density at radius 1 is 1.11 bits per heavy atom. The van der Waals surface area contributed by atoms with Crippen LogP contribution in [0.5, 0.6) is 0 Å². The first-order valence-corrected chi connectivity index (χ1v) is 7.31. The third-order valence-electron chi connectivity index (χ3n) is 2.91. The first-order valence-electron chi connectivity index (χ1n) is 5.76. The first-order chi connectivity index (χ1) is 9.11. The van der Waals surface area contributed by atoms with E-state index in [1.165, 1.54) is 0 Å². The zero-order valence-corrected chi connectivity index (χ0v) is 13.1. The minimum absolute atomic E-state index is 0.0498. The molecule has 0 aliphatic rings. The molecule has 2 aromatic rings. The number of benzene rings is 2. The molecule has 100 valence electrons. The van der Waals surface area contributed by atoms with Crippen molar-refractivity contribution in [2.45, 2.75) is 12.5 Å². The number of nitrogens with two attached hydrogens (primary N) is 1. The highest BCUT2D eigenvalue weighted by atomic mass is 79.9. The molecule has 2 aromatic carbocycles. The van der Waals surface area contributed by atoms with Gasteiger partial charge in [0, 0.05) is 9.50 Å². The van der Waals surface area contributed by atoms with Crippen LogP contribution in [0.25, 0.3) is 0 Å². The van der Waals surface area contributed by atoms with Crippen molar-refractivity contribution in [1.82, 2.24) is 5.43 Å². The molecule has 2 rings (SSSR count). The number of hydrazine groups is 1. The molecule has 0 fully saturated rings. The molecule has 19 heavy (non-hydrogen) atoms. The van der Waals surface area contributed by atoms with Crippen molar-refractivity contribution in [3.05, 3.63) is 68.1 Å². The van der Waals surface area contributed by atoms with Crippen LogP contribution in [-0.2, 0) is 6.42 Å². The molecule has 0 bridgehead atoms. The van der Waals surface area contributed by atoms with E-state index in [1.54, 1.807) is 0 Å². The second-order valence-corrected chi connectivity index (χ2v) is 5.86. The number of nitrogens with one attached hydrogen (secondary N) is 1. The van der Waals surface area contributed by atoms with Crippen molar-refractivity contribution < 1.29 is 0 Å².